The molecule has 1 aromatic carbocycles. The van der Waals surface area contributed by atoms with E-state index < -0.39 is 0 Å². The fourth-order valence-corrected chi connectivity index (χ4v) is 8.61. The number of carbonyl (C=O) groups is 3. The highest BCUT2D eigenvalue weighted by molar-refractivity contribution is 6.01. The average Bonchev–Trinajstić information content (AvgIpc) is 3.79. The summed E-state index contributed by atoms with van der Waals surface area (Å²) in [6.07, 6.45) is 13.8. The Morgan fingerprint density at radius 2 is 1.75 bits per heavy atom. The number of amides is 3. The quantitative estimate of drug-likeness (QED) is 0.208. The van der Waals surface area contributed by atoms with Gasteiger partial charge in [0.05, 0.1) is 17.8 Å². The number of aryl methyl sites for hydroxylation is 1. The lowest BCUT2D eigenvalue weighted by atomic mass is 9.87. The van der Waals surface area contributed by atoms with Crippen LogP contribution in [0.5, 0.6) is 0 Å². The first kappa shape index (κ1) is 34.3. The Hall–Kier alpha value is -4.84. The number of aromatic nitrogens is 4. The fourth-order valence-electron chi connectivity index (χ4n) is 8.61. The molecule has 0 bridgehead atoms. The molecule has 2 N–H and O–H groups in total. The number of pyridine rings is 1. The van der Waals surface area contributed by atoms with Crippen LogP contribution in [0.3, 0.4) is 0 Å². The van der Waals surface area contributed by atoms with E-state index in [1.54, 1.807) is 25.2 Å². The second-order valence-corrected chi connectivity index (χ2v) is 15.4. The number of likely N-dealkylation sites (tertiary alicyclic amines) is 1. The molecule has 1 atom stereocenters. The van der Waals surface area contributed by atoms with Gasteiger partial charge in [0.1, 0.15) is 17.2 Å². The van der Waals surface area contributed by atoms with Crippen molar-refractivity contribution in [3.8, 4) is 0 Å². The highest BCUT2D eigenvalue weighted by atomic mass is 16.2. The molecular formula is C40H49N9O3. The van der Waals surface area contributed by atoms with Crippen LogP contribution in [0.2, 0.25) is 0 Å². The number of rotatable bonds is 10. The number of nitrogens with one attached hydrogen (secondary N) is 2. The Balaban J connectivity index is 0.814. The number of hydrogen-bond donors (Lipinski definition) is 2. The van der Waals surface area contributed by atoms with E-state index in [9.17, 15) is 14.4 Å². The minimum absolute atomic E-state index is 0.0159. The van der Waals surface area contributed by atoms with Gasteiger partial charge in [-0.05, 0) is 93.3 Å². The van der Waals surface area contributed by atoms with Crippen molar-refractivity contribution in [2.45, 2.75) is 82.2 Å². The molecule has 1 saturated carbocycles. The maximum Gasteiger partial charge on any atom is 0.270 e. The molecule has 4 aliphatic rings. The van der Waals surface area contributed by atoms with Crippen molar-refractivity contribution in [1.29, 1.82) is 0 Å². The predicted molar refractivity (Wildman–Crippen MR) is 201 cm³/mol. The topological polar surface area (TPSA) is 129 Å². The van der Waals surface area contributed by atoms with E-state index in [1.165, 1.54) is 24.8 Å². The zero-order valence-electron chi connectivity index (χ0n) is 30.3. The van der Waals surface area contributed by atoms with E-state index >= 15 is 0 Å². The largest absolute Gasteiger partial charge is 0.367 e. The summed E-state index contributed by atoms with van der Waals surface area (Å²) in [4.78, 5) is 57.8. The number of piperidine rings is 2. The van der Waals surface area contributed by atoms with Crippen molar-refractivity contribution in [3.05, 3.63) is 71.7 Å². The fraction of sp³-hybridized carbons (Fsp3) is 0.500. The summed E-state index contributed by atoms with van der Waals surface area (Å²) < 4.78 is 2.13. The maximum absolute atomic E-state index is 13.0. The number of nitrogens with zero attached hydrogens (tertiary/aromatic N) is 7. The van der Waals surface area contributed by atoms with Crippen LogP contribution >= 0.6 is 0 Å². The third-order valence-corrected chi connectivity index (χ3v) is 11.7. The van der Waals surface area contributed by atoms with Crippen LogP contribution in [0.25, 0.3) is 11.0 Å². The van der Waals surface area contributed by atoms with E-state index in [2.05, 4.69) is 54.2 Å². The van der Waals surface area contributed by atoms with Crippen molar-refractivity contribution in [3.63, 3.8) is 0 Å². The van der Waals surface area contributed by atoms with Crippen molar-refractivity contribution >= 4 is 46.2 Å². The lowest BCUT2D eigenvalue weighted by Crippen LogP contribution is -2.61. The molecule has 12 nitrogen and oxygen atoms in total. The molecule has 3 aliphatic heterocycles. The average molecular weight is 704 g/mol. The van der Waals surface area contributed by atoms with E-state index in [1.807, 2.05) is 24.4 Å². The van der Waals surface area contributed by atoms with Crippen molar-refractivity contribution in [2.24, 2.45) is 5.92 Å². The van der Waals surface area contributed by atoms with Gasteiger partial charge in [-0.25, -0.2) is 9.97 Å². The van der Waals surface area contributed by atoms with Crippen LogP contribution in [-0.2, 0) is 16.0 Å². The summed E-state index contributed by atoms with van der Waals surface area (Å²) >= 11 is 0. The molecule has 3 amide bonds. The monoisotopic (exact) mass is 703 g/mol. The van der Waals surface area contributed by atoms with Gasteiger partial charge in [0.2, 0.25) is 17.8 Å². The van der Waals surface area contributed by atoms with Gasteiger partial charge in [-0.2, -0.15) is 4.98 Å². The molecule has 52 heavy (non-hydrogen) atoms. The molecule has 3 aromatic heterocycles. The Kier molecular flexibility index (Phi) is 9.65. The third-order valence-electron chi connectivity index (χ3n) is 11.7. The number of imide groups is 1. The Morgan fingerprint density at radius 3 is 2.48 bits per heavy atom. The van der Waals surface area contributed by atoms with E-state index in [-0.39, 0.29) is 29.7 Å². The summed E-state index contributed by atoms with van der Waals surface area (Å²) in [5.74, 6) is 1.31. The summed E-state index contributed by atoms with van der Waals surface area (Å²) in [6.45, 7) is 4.30. The van der Waals surface area contributed by atoms with Gasteiger partial charge in [-0.1, -0.05) is 37.1 Å². The normalized spacial score (nSPS) is 20.7. The zero-order chi connectivity index (χ0) is 35.8. The minimum atomic E-state index is -0.222. The van der Waals surface area contributed by atoms with Crippen LogP contribution in [0.1, 0.15) is 91.4 Å². The standard InChI is InChI=1S/C40H49N9O3/c1-46(2)39(52)34-21-29-22-42-40(45-37(29)49(34)30-8-3-4-9-30)43-35-14-12-31(23-41-35)48-24-32(25-48)47-18-16-26(17-19-47)10-11-27-6-5-7-28(20-27)33-13-15-36(50)44-38(33)51/h5-7,12,14,20-23,26,30,32-33H,3-4,8-11,13,15-19,24-25H2,1-2H3,(H,44,50,51)(H,41,42,43,45). The number of carbonyl (C=O) groups excluding carboxylic acids is 3. The zero-order valence-corrected chi connectivity index (χ0v) is 30.3. The summed E-state index contributed by atoms with van der Waals surface area (Å²) in [7, 11) is 3.57. The van der Waals surface area contributed by atoms with Crippen molar-refractivity contribution < 1.29 is 14.4 Å². The van der Waals surface area contributed by atoms with Crippen LogP contribution in [-0.4, -0.2) is 93.4 Å². The Bertz CT molecular complexity index is 1940. The molecule has 8 rings (SSSR count). The minimum Gasteiger partial charge on any atom is -0.367 e. The van der Waals surface area contributed by atoms with Crippen molar-refractivity contribution in [2.75, 3.05) is 50.5 Å². The number of benzene rings is 1. The third kappa shape index (κ3) is 7.13. The number of anilines is 3. The molecule has 1 unspecified atom stereocenters. The smallest absolute Gasteiger partial charge is 0.270 e. The first-order chi connectivity index (χ1) is 25.3. The summed E-state index contributed by atoms with van der Waals surface area (Å²) in [5, 5.41) is 6.65. The Labute approximate surface area is 305 Å². The van der Waals surface area contributed by atoms with Crippen LogP contribution in [0.4, 0.5) is 17.5 Å². The van der Waals surface area contributed by atoms with Gasteiger partial charge < -0.3 is 19.7 Å². The lowest BCUT2D eigenvalue weighted by molar-refractivity contribution is -0.134. The van der Waals surface area contributed by atoms with Gasteiger partial charge in [0.15, 0.2) is 0 Å². The maximum atomic E-state index is 13.0. The SMILES string of the molecule is CN(C)C(=O)c1cc2cnc(Nc3ccc(N4CC(N5CCC(CCc6cccc(C7CCC(=O)NC7=O)c6)CC5)C4)cn3)nc2n1C1CCCC1. The lowest BCUT2D eigenvalue weighted by Gasteiger charge is -2.48. The molecular weight excluding hydrogens is 654 g/mol. The van der Waals surface area contributed by atoms with E-state index in [4.69, 9.17) is 9.97 Å². The summed E-state index contributed by atoms with van der Waals surface area (Å²) in [6, 6.07) is 15.3. The van der Waals surface area contributed by atoms with Gasteiger partial charge in [-0.15, -0.1) is 0 Å². The molecule has 12 heteroatoms. The second-order valence-electron chi connectivity index (χ2n) is 15.4. The highest BCUT2D eigenvalue weighted by Gasteiger charge is 2.34. The second kappa shape index (κ2) is 14.7. The summed E-state index contributed by atoms with van der Waals surface area (Å²) in [5.41, 5.74) is 4.89. The Morgan fingerprint density at radius 1 is 0.942 bits per heavy atom. The molecule has 4 aromatic rings. The van der Waals surface area contributed by atoms with Gasteiger partial charge in [-0.3, -0.25) is 24.6 Å². The number of hydrogen-bond acceptors (Lipinski definition) is 9. The molecule has 1 aliphatic carbocycles. The molecule has 0 radical (unpaired) electrons. The molecule has 0 spiro atoms. The van der Waals surface area contributed by atoms with E-state index in [0.717, 1.165) is 86.5 Å². The van der Waals surface area contributed by atoms with Gasteiger partial charge in [0, 0.05) is 57.3 Å². The van der Waals surface area contributed by atoms with E-state index in [0.29, 0.717) is 36.3 Å². The predicted octanol–water partition coefficient (Wildman–Crippen LogP) is 5.44. The molecule has 6 heterocycles. The first-order valence-corrected chi connectivity index (χ1v) is 19.0. The van der Waals surface area contributed by atoms with Crippen LogP contribution < -0.4 is 15.5 Å². The van der Waals surface area contributed by atoms with Crippen LogP contribution in [0.15, 0.2) is 54.9 Å². The van der Waals surface area contributed by atoms with Gasteiger partial charge >= 0.3 is 0 Å². The molecule has 4 fully saturated rings. The highest BCUT2D eigenvalue weighted by Crippen LogP contribution is 2.35. The first-order valence-electron chi connectivity index (χ1n) is 19.0. The number of fused-ring (bicyclic) bond motifs is 1. The van der Waals surface area contributed by atoms with Crippen molar-refractivity contribution in [1.82, 2.24) is 34.6 Å². The van der Waals surface area contributed by atoms with Crippen LogP contribution in [0, 0.1) is 5.92 Å². The van der Waals surface area contributed by atoms with Gasteiger partial charge in [0.25, 0.3) is 5.91 Å². The molecule has 3 saturated heterocycles. The molecule has 272 valence electrons.